The highest BCUT2D eigenvalue weighted by molar-refractivity contribution is 7.99. The van der Waals surface area contributed by atoms with E-state index < -0.39 is 0 Å². The molecule has 0 aromatic carbocycles. The zero-order valence-corrected chi connectivity index (χ0v) is 12.2. The van der Waals surface area contributed by atoms with Crippen LogP contribution in [0.2, 0.25) is 0 Å². The molecule has 1 aromatic heterocycles. The monoisotopic (exact) mass is 268 g/mol. The average molecular weight is 268 g/mol. The van der Waals surface area contributed by atoms with Crippen molar-refractivity contribution in [3.8, 4) is 0 Å². The number of nitrogens with two attached hydrogens (primary N) is 1. The van der Waals surface area contributed by atoms with Gasteiger partial charge in [0.05, 0.1) is 6.04 Å². The minimum absolute atomic E-state index is 0.152. The number of rotatable bonds is 4. The predicted molar refractivity (Wildman–Crippen MR) is 78.0 cm³/mol. The molecule has 102 valence electrons. The van der Waals surface area contributed by atoms with Crippen molar-refractivity contribution in [3.63, 3.8) is 0 Å². The molecule has 2 rings (SSSR count). The van der Waals surface area contributed by atoms with Gasteiger partial charge < -0.3 is 10.2 Å². The van der Waals surface area contributed by atoms with Gasteiger partial charge in [-0.3, -0.25) is 4.90 Å². The van der Waals surface area contributed by atoms with Gasteiger partial charge in [0, 0.05) is 18.3 Å². The molecule has 1 aromatic rings. The first kappa shape index (κ1) is 14.0. The van der Waals surface area contributed by atoms with Crippen LogP contribution in [0, 0.1) is 6.92 Å². The van der Waals surface area contributed by atoms with Crippen LogP contribution in [0.25, 0.3) is 0 Å². The molecule has 2 unspecified atom stereocenters. The lowest BCUT2D eigenvalue weighted by atomic mass is 10.0. The molecule has 0 spiro atoms. The van der Waals surface area contributed by atoms with Crippen molar-refractivity contribution in [2.75, 3.05) is 24.6 Å². The van der Waals surface area contributed by atoms with Crippen molar-refractivity contribution in [2.24, 2.45) is 5.73 Å². The molecule has 2 N–H and O–H groups in total. The van der Waals surface area contributed by atoms with Crippen LogP contribution in [-0.2, 0) is 0 Å². The molecular weight excluding hydrogens is 244 g/mol. The van der Waals surface area contributed by atoms with Crippen LogP contribution in [0.5, 0.6) is 0 Å². The summed E-state index contributed by atoms with van der Waals surface area (Å²) in [5, 5.41) is 0. The highest BCUT2D eigenvalue weighted by Gasteiger charge is 2.28. The standard InChI is InChI=1S/C14H24N2OS/c1-3-12(15)14(13-6-5-11(2)17-13)16-7-4-9-18-10-8-16/h5-6,12,14H,3-4,7-10,15H2,1-2H3. The fourth-order valence-corrected chi connectivity index (χ4v) is 3.44. The maximum absolute atomic E-state index is 6.33. The van der Waals surface area contributed by atoms with Gasteiger partial charge in [-0.05, 0) is 44.2 Å². The summed E-state index contributed by atoms with van der Waals surface area (Å²) >= 11 is 2.04. The lowest BCUT2D eigenvalue weighted by molar-refractivity contribution is 0.158. The third-order valence-corrected chi connectivity index (χ3v) is 4.63. The van der Waals surface area contributed by atoms with Gasteiger partial charge in [-0.25, -0.2) is 0 Å². The third kappa shape index (κ3) is 3.31. The van der Waals surface area contributed by atoms with Gasteiger partial charge in [-0.15, -0.1) is 0 Å². The Kier molecular flexibility index (Phi) is 5.15. The summed E-state index contributed by atoms with van der Waals surface area (Å²) in [7, 11) is 0. The second-order valence-corrected chi connectivity index (χ2v) is 6.19. The fraction of sp³-hybridized carbons (Fsp3) is 0.714. The number of aryl methyl sites for hydroxylation is 1. The molecule has 0 saturated carbocycles. The van der Waals surface area contributed by atoms with Crippen LogP contribution in [0.1, 0.15) is 37.3 Å². The fourth-order valence-electron chi connectivity index (χ4n) is 2.54. The molecule has 1 saturated heterocycles. The van der Waals surface area contributed by atoms with Gasteiger partial charge in [0.25, 0.3) is 0 Å². The first-order valence-electron chi connectivity index (χ1n) is 6.86. The summed E-state index contributed by atoms with van der Waals surface area (Å²) in [5.41, 5.74) is 6.33. The number of hydrogen-bond donors (Lipinski definition) is 1. The van der Waals surface area contributed by atoms with Crippen LogP contribution in [-0.4, -0.2) is 35.5 Å². The molecule has 3 nitrogen and oxygen atoms in total. The Bertz CT molecular complexity index is 358. The Balaban J connectivity index is 2.18. The Morgan fingerprint density at radius 3 is 2.89 bits per heavy atom. The number of furan rings is 1. The lowest BCUT2D eigenvalue weighted by Crippen LogP contribution is -2.41. The minimum Gasteiger partial charge on any atom is -0.465 e. The van der Waals surface area contributed by atoms with E-state index in [-0.39, 0.29) is 12.1 Å². The zero-order valence-electron chi connectivity index (χ0n) is 11.4. The van der Waals surface area contributed by atoms with Crippen molar-refractivity contribution < 1.29 is 4.42 Å². The molecule has 1 aliphatic rings. The van der Waals surface area contributed by atoms with Gasteiger partial charge in [0.1, 0.15) is 11.5 Å². The van der Waals surface area contributed by atoms with Crippen LogP contribution in [0.4, 0.5) is 0 Å². The summed E-state index contributed by atoms with van der Waals surface area (Å²) in [6.07, 6.45) is 2.23. The van der Waals surface area contributed by atoms with Crippen LogP contribution in [0.3, 0.4) is 0 Å². The van der Waals surface area contributed by atoms with Gasteiger partial charge in [-0.2, -0.15) is 11.8 Å². The first-order chi connectivity index (χ1) is 8.72. The predicted octanol–water partition coefficient (Wildman–Crippen LogP) is 2.81. The van der Waals surface area contributed by atoms with E-state index in [1.807, 2.05) is 24.8 Å². The molecule has 18 heavy (non-hydrogen) atoms. The Labute approximate surface area is 114 Å². The van der Waals surface area contributed by atoms with E-state index in [4.69, 9.17) is 10.2 Å². The van der Waals surface area contributed by atoms with Crippen LogP contribution in [0.15, 0.2) is 16.5 Å². The van der Waals surface area contributed by atoms with E-state index >= 15 is 0 Å². The van der Waals surface area contributed by atoms with E-state index in [1.54, 1.807) is 0 Å². The normalized spacial score (nSPS) is 21.5. The highest BCUT2D eigenvalue weighted by Crippen LogP contribution is 2.28. The van der Waals surface area contributed by atoms with E-state index in [9.17, 15) is 0 Å². The maximum atomic E-state index is 6.33. The van der Waals surface area contributed by atoms with Crippen LogP contribution < -0.4 is 5.73 Å². The molecule has 0 bridgehead atoms. The highest BCUT2D eigenvalue weighted by atomic mass is 32.2. The molecule has 1 aliphatic heterocycles. The molecule has 0 aliphatic carbocycles. The van der Waals surface area contributed by atoms with Gasteiger partial charge >= 0.3 is 0 Å². The third-order valence-electron chi connectivity index (χ3n) is 3.58. The van der Waals surface area contributed by atoms with Crippen molar-refractivity contribution in [1.82, 2.24) is 4.90 Å². The van der Waals surface area contributed by atoms with Gasteiger partial charge in [-0.1, -0.05) is 6.92 Å². The van der Waals surface area contributed by atoms with Crippen molar-refractivity contribution in [1.29, 1.82) is 0 Å². The van der Waals surface area contributed by atoms with E-state index in [0.29, 0.717) is 0 Å². The Hall–Kier alpha value is -0.450. The number of nitrogens with zero attached hydrogens (tertiary/aromatic N) is 1. The summed E-state index contributed by atoms with van der Waals surface area (Å²) in [6, 6.07) is 4.52. The topological polar surface area (TPSA) is 42.4 Å². The smallest absolute Gasteiger partial charge is 0.122 e. The Morgan fingerprint density at radius 2 is 2.22 bits per heavy atom. The SMILES string of the molecule is CCC(N)C(c1ccc(C)o1)N1CCCSCC1. The summed E-state index contributed by atoms with van der Waals surface area (Å²) in [6.45, 7) is 6.39. The minimum atomic E-state index is 0.152. The van der Waals surface area contributed by atoms with Gasteiger partial charge in [0.2, 0.25) is 0 Å². The molecule has 4 heteroatoms. The molecule has 2 atom stereocenters. The molecular formula is C14H24N2OS. The van der Waals surface area contributed by atoms with E-state index in [1.165, 1.54) is 17.9 Å². The second-order valence-electron chi connectivity index (χ2n) is 4.97. The first-order valence-corrected chi connectivity index (χ1v) is 8.01. The second kappa shape index (κ2) is 6.64. The molecule has 2 heterocycles. The zero-order chi connectivity index (χ0) is 13.0. The van der Waals surface area contributed by atoms with Crippen molar-refractivity contribution >= 4 is 11.8 Å². The molecule has 0 amide bonds. The van der Waals surface area contributed by atoms with Crippen molar-refractivity contribution in [3.05, 3.63) is 23.7 Å². The average Bonchev–Trinajstić information content (AvgIpc) is 2.64. The number of hydrogen-bond acceptors (Lipinski definition) is 4. The van der Waals surface area contributed by atoms with E-state index in [2.05, 4.69) is 17.9 Å². The molecule has 1 fully saturated rings. The summed E-state index contributed by atoms with van der Waals surface area (Å²) in [5.74, 6) is 4.48. The van der Waals surface area contributed by atoms with Crippen LogP contribution >= 0.6 is 11.8 Å². The summed E-state index contributed by atoms with van der Waals surface area (Å²) in [4.78, 5) is 2.51. The number of thioether (sulfide) groups is 1. The summed E-state index contributed by atoms with van der Waals surface area (Å²) < 4.78 is 5.83. The lowest BCUT2D eigenvalue weighted by Gasteiger charge is -2.32. The largest absolute Gasteiger partial charge is 0.465 e. The van der Waals surface area contributed by atoms with Crippen molar-refractivity contribution in [2.45, 2.75) is 38.8 Å². The van der Waals surface area contributed by atoms with E-state index in [0.717, 1.165) is 31.0 Å². The van der Waals surface area contributed by atoms with Gasteiger partial charge in [0.15, 0.2) is 0 Å². The quantitative estimate of drug-likeness (QED) is 0.912. The molecule has 0 radical (unpaired) electrons. The maximum Gasteiger partial charge on any atom is 0.122 e. The Morgan fingerprint density at radius 1 is 1.39 bits per heavy atom.